The molecular formula is C26H29F3N6O. The molecule has 2 fully saturated rings. The zero-order valence-electron chi connectivity index (χ0n) is 20.1. The van der Waals surface area contributed by atoms with Crippen LogP contribution in [0, 0.1) is 5.92 Å². The number of hydrogen-bond donors (Lipinski definition) is 1. The minimum atomic E-state index is -4.44. The first-order valence-electron chi connectivity index (χ1n) is 12.4. The van der Waals surface area contributed by atoms with Gasteiger partial charge in [-0.25, -0.2) is 0 Å². The van der Waals surface area contributed by atoms with Crippen LogP contribution in [0.1, 0.15) is 36.6 Å². The number of nitrogens with zero attached hydrogens (tertiary/aromatic N) is 5. The molecule has 1 aromatic carbocycles. The quantitative estimate of drug-likeness (QED) is 0.622. The average molecular weight is 499 g/mol. The second kappa shape index (κ2) is 9.08. The minimum absolute atomic E-state index is 0.114. The molecule has 1 aliphatic carbocycles. The fourth-order valence-electron chi connectivity index (χ4n) is 5.31. The lowest BCUT2D eigenvalue weighted by molar-refractivity contribution is -0.0911. The molecule has 1 saturated heterocycles. The first-order valence-corrected chi connectivity index (χ1v) is 12.4. The summed E-state index contributed by atoms with van der Waals surface area (Å²) in [5, 5.41) is 11.7. The van der Waals surface area contributed by atoms with Gasteiger partial charge in [0.05, 0.1) is 37.2 Å². The molecule has 10 heteroatoms. The maximum Gasteiger partial charge on any atom is 0.418 e. The van der Waals surface area contributed by atoms with Crippen molar-refractivity contribution in [2.24, 2.45) is 13.0 Å². The average Bonchev–Trinajstić information content (AvgIpc) is 3.40. The highest BCUT2D eigenvalue weighted by molar-refractivity contribution is 5.58. The number of allylic oxidation sites excluding steroid dienone is 1. The van der Waals surface area contributed by atoms with Crippen molar-refractivity contribution in [2.75, 3.05) is 31.3 Å². The van der Waals surface area contributed by atoms with Crippen molar-refractivity contribution in [2.45, 2.75) is 37.4 Å². The van der Waals surface area contributed by atoms with E-state index in [-0.39, 0.29) is 17.7 Å². The summed E-state index contributed by atoms with van der Waals surface area (Å²) in [6.45, 7) is 1.88. The second-order valence-corrected chi connectivity index (χ2v) is 10.0. The lowest BCUT2D eigenvalue weighted by Crippen LogP contribution is -2.46. The third-order valence-corrected chi connectivity index (χ3v) is 7.56. The molecule has 0 unspecified atom stereocenters. The van der Waals surface area contributed by atoms with Crippen molar-refractivity contribution in [3.63, 3.8) is 0 Å². The Bertz CT molecular complexity index is 1220. The second-order valence-electron chi connectivity index (χ2n) is 10.0. The number of hydrogen-bond acceptors (Lipinski definition) is 6. The van der Waals surface area contributed by atoms with E-state index in [0.717, 1.165) is 29.9 Å². The van der Waals surface area contributed by atoms with Crippen LogP contribution in [0.5, 0.6) is 0 Å². The van der Waals surface area contributed by atoms with Crippen LogP contribution in [-0.2, 0) is 11.8 Å². The Labute approximate surface area is 207 Å². The number of fused-ring (bicyclic) bond motifs is 1. The van der Waals surface area contributed by atoms with Crippen molar-refractivity contribution in [1.82, 2.24) is 25.0 Å². The van der Waals surface area contributed by atoms with E-state index in [0.29, 0.717) is 37.9 Å². The van der Waals surface area contributed by atoms with Crippen molar-refractivity contribution >= 4 is 5.69 Å². The molecule has 2 aromatic rings. The van der Waals surface area contributed by atoms with Crippen LogP contribution < -0.4 is 10.2 Å². The summed E-state index contributed by atoms with van der Waals surface area (Å²) in [6.07, 6.45) is 5.44. The molecule has 190 valence electrons. The summed E-state index contributed by atoms with van der Waals surface area (Å²) in [7, 11) is 1.95. The van der Waals surface area contributed by atoms with E-state index < -0.39 is 11.7 Å². The lowest BCUT2D eigenvalue weighted by atomic mass is 9.72. The third-order valence-electron chi connectivity index (χ3n) is 7.56. The molecule has 7 nitrogen and oxygen atoms in total. The standard InChI is InChI=1S/C26H29F3N6O/c1-33-15-31-32-25(33)24(18-4-2-5-18)19-6-3-7-21(9-19)34-12-23-22(26(27,28)29)8-17(11-35(23)16-34)10-30-20-13-36-14-20/h3,6-9,11-12,15,18,20,24,30H,2,4-5,10,13-14,16H2,1H3/t24-/m1/s1. The van der Waals surface area contributed by atoms with Crippen LogP contribution >= 0.6 is 0 Å². The van der Waals surface area contributed by atoms with Gasteiger partial charge in [0.1, 0.15) is 12.2 Å². The number of ether oxygens (including phenoxy) is 1. The minimum Gasteiger partial charge on any atom is -0.378 e. The summed E-state index contributed by atoms with van der Waals surface area (Å²) in [4.78, 5) is 3.58. The number of benzene rings is 1. The van der Waals surface area contributed by atoms with Crippen LogP contribution in [0.25, 0.3) is 0 Å². The van der Waals surface area contributed by atoms with Crippen LogP contribution in [0.2, 0.25) is 0 Å². The normalized spacial score (nSPS) is 21.4. The van der Waals surface area contributed by atoms with E-state index >= 15 is 0 Å². The van der Waals surface area contributed by atoms with Gasteiger partial charge in [-0.05, 0) is 48.1 Å². The molecular weight excluding hydrogens is 469 g/mol. The van der Waals surface area contributed by atoms with Gasteiger partial charge in [0, 0.05) is 37.6 Å². The van der Waals surface area contributed by atoms with Gasteiger partial charge in [-0.1, -0.05) is 18.6 Å². The number of alkyl halides is 3. The predicted molar refractivity (Wildman–Crippen MR) is 129 cm³/mol. The van der Waals surface area contributed by atoms with Crippen molar-refractivity contribution < 1.29 is 17.9 Å². The Morgan fingerprint density at radius 3 is 2.64 bits per heavy atom. The van der Waals surface area contributed by atoms with E-state index in [1.807, 2.05) is 34.8 Å². The van der Waals surface area contributed by atoms with Crippen molar-refractivity contribution in [3.8, 4) is 0 Å². The van der Waals surface area contributed by atoms with Crippen LogP contribution in [0.15, 0.2) is 65.9 Å². The fraction of sp³-hybridized carbons (Fsp3) is 0.462. The Hall–Kier alpha value is -3.11. The van der Waals surface area contributed by atoms with Crippen LogP contribution in [0.3, 0.4) is 0 Å². The van der Waals surface area contributed by atoms with Gasteiger partial charge < -0.3 is 24.4 Å². The summed E-state index contributed by atoms with van der Waals surface area (Å²) < 4.78 is 49.2. The Morgan fingerprint density at radius 2 is 2.00 bits per heavy atom. The number of halogens is 3. The first kappa shape index (κ1) is 23.3. The van der Waals surface area contributed by atoms with Gasteiger partial charge in [-0.2, -0.15) is 13.2 Å². The highest BCUT2D eigenvalue weighted by atomic mass is 19.4. The van der Waals surface area contributed by atoms with Gasteiger partial charge in [0.15, 0.2) is 0 Å². The monoisotopic (exact) mass is 498 g/mol. The molecule has 36 heavy (non-hydrogen) atoms. The molecule has 0 amide bonds. The highest BCUT2D eigenvalue weighted by Gasteiger charge is 2.42. The number of rotatable bonds is 7. The van der Waals surface area contributed by atoms with E-state index in [9.17, 15) is 13.2 Å². The predicted octanol–water partition coefficient (Wildman–Crippen LogP) is 4.04. The lowest BCUT2D eigenvalue weighted by Gasteiger charge is -2.34. The molecule has 6 rings (SSSR count). The molecule has 4 aliphatic rings. The largest absolute Gasteiger partial charge is 0.418 e. The summed E-state index contributed by atoms with van der Waals surface area (Å²) in [5.41, 5.74) is 2.15. The van der Waals surface area contributed by atoms with Gasteiger partial charge in [0.2, 0.25) is 0 Å². The zero-order valence-corrected chi connectivity index (χ0v) is 20.1. The molecule has 1 aromatic heterocycles. The summed E-state index contributed by atoms with van der Waals surface area (Å²) in [6, 6.07) is 8.31. The number of anilines is 1. The van der Waals surface area contributed by atoms with Gasteiger partial charge >= 0.3 is 6.18 Å². The van der Waals surface area contributed by atoms with E-state index in [1.165, 1.54) is 12.5 Å². The molecule has 1 saturated carbocycles. The molecule has 0 radical (unpaired) electrons. The molecule has 0 spiro atoms. The first-order chi connectivity index (χ1) is 17.4. The van der Waals surface area contributed by atoms with Gasteiger partial charge in [0.25, 0.3) is 0 Å². The summed E-state index contributed by atoms with van der Waals surface area (Å²) in [5.74, 6) is 1.53. The van der Waals surface area contributed by atoms with E-state index in [1.54, 1.807) is 17.4 Å². The summed E-state index contributed by atoms with van der Waals surface area (Å²) >= 11 is 0. The fourth-order valence-corrected chi connectivity index (χ4v) is 5.31. The maximum atomic E-state index is 14.0. The molecule has 0 bridgehead atoms. The molecule has 1 atom stereocenters. The van der Waals surface area contributed by atoms with Crippen molar-refractivity contribution in [1.29, 1.82) is 0 Å². The molecule has 3 aliphatic heterocycles. The zero-order chi connectivity index (χ0) is 24.9. The molecule has 1 N–H and O–H groups in total. The van der Waals surface area contributed by atoms with Gasteiger partial charge in [-0.15, -0.1) is 10.2 Å². The Balaban J connectivity index is 1.28. The highest BCUT2D eigenvalue weighted by Crippen LogP contribution is 2.44. The maximum absolute atomic E-state index is 14.0. The van der Waals surface area contributed by atoms with E-state index in [4.69, 9.17) is 4.74 Å². The molecule has 4 heterocycles. The number of nitrogens with one attached hydrogen (secondary N) is 1. The third kappa shape index (κ3) is 4.32. The number of aryl methyl sites for hydroxylation is 1. The van der Waals surface area contributed by atoms with E-state index in [2.05, 4.69) is 27.6 Å². The smallest absolute Gasteiger partial charge is 0.378 e. The van der Waals surface area contributed by atoms with Crippen molar-refractivity contribution in [3.05, 3.63) is 77.3 Å². The van der Waals surface area contributed by atoms with Gasteiger partial charge in [-0.3, -0.25) is 0 Å². The SMILES string of the molecule is Cn1cnnc1[C@@H](c1cccc(N2C=C3C(C(F)(F)F)=CC(CNC4COC4)=CN3C2)c1)C1CCC1. The Kier molecular flexibility index (Phi) is 5.88. The van der Waals surface area contributed by atoms with Crippen LogP contribution in [0.4, 0.5) is 18.9 Å². The Morgan fingerprint density at radius 1 is 1.17 bits per heavy atom. The van der Waals surface area contributed by atoms with Crippen LogP contribution in [-0.4, -0.2) is 58.3 Å². The topological polar surface area (TPSA) is 58.5 Å². The number of aromatic nitrogens is 3.